The fraction of sp³-hybridized carbons (Fsp3) is 0.400. The number of anilines is 2. The summed E-state index contributed by atoms with van der Waals surface area (Å²) in [6.07, 6.45) is 5.52. The highest BCUT2D eigenvalue weighted by Crippen LogP contribution is 2.53. The van der Waals surface area contributed by atoms with Crippen LogP contribution in [-0.4, -0.2) is 11.3 Å². The molecule has 1 heterocycles. The normalized spacial score (nSPS) is 22.1. The molecule has 168 valence electrons. The number of alkyl halides is 3. The fourth-order valence-electron chi connectivity index (χ4n) is 5.51. The van der Waals surface area contributed by atoms with Crippen LogP contribution in [0.1, 0.15) is 55.7 Å². The molecular formula is C25H25F3N2OS. The number of Topliss-reactive ketones (excluding diaryl/α,β-unsaturated/α-hetero) is 1. The highest BCUT2D eigenvalue weighted by atomic mass is 32.2. The lowest BCUT2D eigenvalue weighted by Crippen LogP contribution is -2.33. The van der Waals surface area contributed by atoms with E-state index in [0.717, 1.165) is 54.7 Å². The molecule has 0 amide bonds. The van der Waals surface area contributed by atoms with Crippen LogP contribution in [0.3, 0.4) is 0 Å². The van der Waals surface area contributed by atoms with Crippen LogP contribution < -0.4 is 10.6 Å². The number of halogens is 3. The molecule has 1 atom stereocenters. The van der Waals surface area contributed by atoms with Gasteiger partial charge in [-0.05, 0) is 72.7 Å². The number of nitrogens with one attached hydrogen (secondary N) is 2. The molecule has 1 unspecified atom stereocenters. The number of hydrogen-bond acceptors (Lipinski definition) is 4. The maximum absolute atomic E-state index is 13.6. The molecule has 0 aromatic heterocycles. The maximum Gasteiger partial charge on any atom is 0.446 e. The van der Waals surface area contributed by atoms with E-state index in [0.29, 0.717) is 17.6 Å². The van der Waals surface area contributed by atoms with E-state index in [1.165, 1.54) is 6.07 Å². The summed E-state index contributed by atoms with van der Waals surface area (Å²) in [5.41, 5.74) is 0.168. The topological polar surface area (TPSA) is 41.1 Å². The molecule has 1 spiro atoms. The van der Waals surface area contributed by atoms with Crippen molar-refractivity contribution in [3.63, 3.8) is 0 Å². The number of benzene rings is 2. The highest BCUT2D eigenvalue weighted by Gasteiger charge is 2.45. The molecule has 2 N–H and O–H groups in total. The zero-order valence-electron chi connectivity index (χ0n) is 17.8. The largest absolute Gasteiger partial charge is 0.446 e. The quantitative estimate of drug-likeness (QED) is 0.461. The summed E-state index contributed by atoms with van der Waals surface area (Å²) in [4.78, 5) is 13.7. The van der Waals surface area contributed by atoms with Crippen molar-refractivity contribution in [2.45, 2.75) is 61.9 Å². The maximum atomic E-state index is 13.6. The van der Waals surface area contributed by atoms with Crippen LogP contribution in [0, 0.1) is 12.3 Å². The Hall–Kier alpha value is -2.41. The molecule has 0 saturated heterocycles. The summed E-state index contributed by atoms with van der Waals surface area (Å²) in [5, 5.41) is 6.93. The van der Waals surface area contributed by atoms with Gasteiger partial charge in [0.25, 0.3) is 0 Å². The molecule has 2 aromatic carbocycles. The minimum atomic E-state index is -4.41. The van der Waals surface area contributed by atoms with E-state index in [2.05, 4.69) is 10.6 Å². The second-order valence-corrected chi connectivity index (χ2v) is 10.3. The lowest BCUT2D eigenvalue weighted by molar-refractivity contribution is -0.118. The molecule has 2 aromatic rings. The zero-order chi connectivity index (χ0) is 22.5. The molecule has 5 rings (SSSR count). The van der Waals surface area contributed by atoms with Gasteiger partial charge in [0.15, 0.2) is 5.78 Å². The van der Waals surface area contributed by atoms with Crippen molar-refractivity contribution < 1.29 is 18.0 Å². The Kier molecular flexibility index (Phi) is 5.27. The monoisotopic (exact) mass is 458 g/mol. The van der Waals surface area contributed by atoms with Gasteiger partial charge >= 0.3 is 5.51 Å². The molecular weight excluding hydrogens is 433 g/mol. The van der Waals surface area contributed by atoms with Gasteiger partial charge in [0, 0.05) is 22.6 Å². The molecule has 0 bridgehead atoms. The minimum Gasteiger partial charge on any atom is -0.372 e. The minimum absolute atomic E-state index is 0.0249. The van der Waals surface area contributed by atoms with Crippen molar-refractivity contribution in [2.75, 3.05) is 10.6 Å². The van der Waals surface area contributed by atoms with E-state index in [9.17, 15) is 18.0 Å². The van der Waals surface area contributed by atoms with Crippen molar-refractivity contribution in [1.82, 2.24) is 0 Å². The summed E-state index contributed by atoms with van der Waals surface area (Å²) < 4.78 is 40.0. The number of fused-ring (bicyclic) bond motifs is 1. The van der Waals surface area contributed by atoms with Gasteiger partial charge in [0.2, 0.25) is 0 Å². The van der Waals surface area contributed by atoms with Crippen LogP contribution >= 0.6 is 11.8 Å². The van der Waals surface area contributed by atoms with E-state index in [-0.39, 0.29) is 27.9 Å². The van der Waals surface area contributed by atoms with Crippen molar-refractivity contribution in [3.8, 4) is 0 Å². The van der Waals surface area contributed by atoms with E-state index >= 15 is 0 Å². The molecule has 3 nitrogen and oxygen atoms in total. The van der Waals surface area contributed by atoms with E-state index in [4.69, 9.17) is 0 Å². The molecule has 2 aliphatic carbocycles. The van der Waals surface area contributed by atoms with Crippen LogP contribution in [0.25, 0.3) is 0 Å². The van der Waals surface area contributed by atoms with Gasteiger partial charge in [-0.15, -0.1) is 0 Å². The number of carbonyl (C=O) groups is 1. The first-order valence-corrected chi connectivity index (χ1v) is 11.8. The van der Waals surface area contributed by atoms with Crippen molar-refractivity contribution in [3.05, 3.63) is 64.9 Å². The Morgan fingerprint density at radius 3 is 2.53 bits per heavy atom. The SMILES string of the molecule is Cc1ccc2c(c1)NC(c1ccccc1SC(F)(F)F)C1=C(CC3(CCCC3)CC1=O)N2. The van der Waals surface area contributed by atoms with Gasteiger partial charge < -0.3 is 10.6 Å². The highest BCUT2D eigenvalue weighted by molar-refractivity contribution is 8.00. The lowest BCUT2D eigenvalue weighted by Gasteiger charge is -2.37. The van der Waals surface area contributed by atoms with E-state index < -0.39 is 11.6 Å². The summed E-state index contributed by atoms with van der Waals surface area (Å²) in [7, 11) is 0. The summed E-state index contributed by atoms with van der Waals surface area (Å²) in [6.45, 7) is 1.97. The first kappa shape index (κ1) is 21.4. The number of rotatable bonds is 2. The fourth-order valence-corrected chi connectivity index (χ4v) is 6.21. The van der Waals surface area contributed by atoms with Gasteiger partial charge in [0.05, 0.1) is 17.4 Å². The number of carbonyl (C=O) groups excluding carboxylic acids is 1. The van der Waals surface area contributed by atoms with E-state index in [1.807, 2.05) is 25.1 Å². The Morgan fingerprint density at radius 1 is 1.03 bits per heavy atom. The Balaban J connectivity index is 1.66. The van der Waals surface area contributed by atoms with E-state index in [1.54, 1.807) is 18.2 Å². The number of thioether (sulfide) groups is 1. The first-order chi connectivity index (χ1) is 15.2. The van der Waals surface area contributed by atoms with Crippen molar-refractivity contribution >= 4 is 28.9 Å². The molecule has 1 fully saturated rings. The van der Waals surface area contributed by atoms with Crippen LogP contribution in [0.2, 0.25) is 0 Å². The Morgan fingerprint density at radius 2 is 1.78 bits per heavy atom. The number of allylic oxidation sites excluding steroid dienone is 1. The molecule has 3 aliphatic rings. The standard InChI is InChI=1S/C25H25F3N2OS/c1-15-8-9-17-18(12-15)30-23(16-6-2-3-7-21(16)32-25(26,27)28)22-19(29-17)13-24(14-20(22)31)10-4-5-11-24/h2-3,6-9,12,23,29-30H,4-5,10-11,13-14H2,1H3. The summed E-state index contributed by atoms with van der Waals surface area (Å²) in [5.74, 6) is 0.0366. The van der Waals surface area contributed by atoms with Gasteiger partial charge in [-0.1, -0.05) is 37.1 Å². The summed E-state index contributed by atoms with van der Waals surface area (Å²) >= 11 is -0.123. The average molecular weight is 459 g/mol. The van der Waals surface area contributed by atoms with Crippen molar-refractivity contribution in [1.29, 1.82) is 0 Å². The van der Waals surface area contributed by atoms with Crippen LogP contribution in [0.15, 0.2) is 58.6 Å². The first-order valence-electron chi connectivity index (χ1n) is 11.0. The third-order valence-electron chi connectivity index (χ3n) is 6.88. The van der Waals surface area contributed by atoms with Crippen LogP contribution in [0.5, 0.6) is 0 Å². The Bertz CT molecular complexity index is 1100. The molecule has 1 saturated carbocycles. The molecule has 32 heavy (non-hydrogen) atoms. The molecule has 1 aliphatic heterocycles. The predicted octanol–water partition coefficient (Wildman–Crippen LogP) is 7.36. The smallest absolute Gasteiger partial charge is 0.372 e. The van der Waals surface area contributed by atoms with Crippen LogP contribution in [0.4, 0.5) is 24.5 Å². The Labute approximate surface area is 189 Å². The van der Waals surface area contributed by atoms with Gasteiger partial charge in [0.1, 0.15) is 0 Å². The van der Waals surface area contributed by atoms with Gasteiger partial charge in [-0.2, -0.15) is 13.2 Å². The average Bonchev–Trinajstić information content (AvgIpc) is 3.08. The second kappa shape index (κ2) is 7.87. The summed E-state index contributed by atoms with van der Waals surface area (Å²) in [6, 6.07) is 11.8. The lowest BCUT2D eigenvalue weighted by atomic mass is 9.70. The zero-order valence-corrected chi connectivity index (χ0v) is 18.6. The second-order valence-electron chi connectivity index (χ2n) is 9.21. The van der Waals surface area contributed by atoms with Gasteiger partial charge in [-0.3, -0.25) is 4.79 Å². The number of hydrogen-bond donors (Lipinski definition) is 2. The third kappa shape index (κ3) is 4.03. The number of aryl methyl sites for hydroxylation is 1. The van der Waals surface area contributed by atoms with Crippen LogP contribution in [-0.2, 0) is 4.79 Å². The van der Waals surface area contributed by atoms with Crippen molar-refractivity contribution in [2.24, 2.45) is 5.41 Å². The molecule has 0 radical (unpaired) electrons. The molecule has 7 heteroatoms. The predicted molar refractivity (Wildman–Crippen MR) is 122 cm³/mol. The number of ketones is 1. The van der Waals surface area contributed by atoms with Gasteiger partial charge in [-0.25, -0.2) is 0 Å². The third-order valence-corrected chi connectivity index (χ3v) is 7.71.